The molecular weight excluding hydrogens is 786 g/mol. The predicted molar refractivity (Wildman–Crippen MR) is 256 cm³/mol. The second kappa shape index (κ2) is 47.2. The van der Waals surface area contributed by atoms with Crippen molar-refractivity contribution in [2.45, 2.75) is 225 Å². The number of carbonyl (C=O) groups excluding carboxylic acids is 2. The fourth-order valence-corrected chi connectivity index (χ4v) is 7.44. The van der Waals surface area contributed by atoms with Crippen LogP contribution >= 0.6 is 7.82 Å². The minimum Gasteiger partial charge on any atom is -0.462 e. The van der Waals surface area contributed by atoms with E-state index in [4.69, 9.17) is 24.3 Å². The van der Waals surface area contributed by atoms with Crippen LogP contribution in [0.15, 0.2) is 60.8 Å². The smallest absolute Gasteiger partial charge is 0.462 e. The van der Waals surface area contributed by atoms with Gasteiger partial charge in [0.2, 0.25) is 0 Å². The van der Waals surface area contributed by atoms with Gasteiger partial charge < -0.3 is 20.1 Å². The average molecular weight is 878 g/mol. The van der Waals surface area contributed by atoms with Crippen LogP contribution in [0.25, 0.3) is 0 Å². The van der Waals surface area contributed by atoms with Crippen LogP contribution in [-0.2, 0) is 32.7 Å². The number of hydrogen-bond acceptors (Lipinski definition) is 8. The van der Waals surface area contributed by atoms with Crippen molar-refractivity contribution in [3.05, 3.63) is 60.8 Å². The molecule has 2 unspecified atom stereocenters. The van der Waals surface area contributed by atoms with E-state index in [-0.39, 0.29) is 32.6 Å². The molecule has 0 aliphatic rings. The molecule has 61 heavy (non-hydrogen) atoms. The van der Waals surface area contributed by atoms with Crippen LogP contribution in [0.2, 0.25) is 0 Å². The van der Waals surface area contributed by atoms with Gasteiger partial charge in [-0.2, -0.15) is 0 Å². The zero-order valence-electron chi connectivity index (χ0n) is 39.1. The fourth-order valence-electron chi connectivity index (χ4n) is 6.67. The van der Waals surface area contributed by atoms with E-state index in [1.165, 1.54) is 128 Å². The van der Waals surface area contributed by atoms with Crippen molar-refractivity contribution < 1.29 is 37.6 Å². The topological polar surface area (TPSA) is 134 Å². The fraction of sp³-hybridized carbons (Fsp3) is 0.765. The van der Waals surface area contributed by atoms with Crippen molar-refractivity contribution >= 4 is 19.8 Å². The first kappa shape index (κ1) is 58.7. The number of allylic oxidation sites excluding steroid dienone is 10. The van der Waals surface area contributed by atoms with Crippen molar-refractivity contribution in [2.75, 3.05) is 26.4 Å². The lowest BCUT2D eigenvalue weighted by atomic mass is 10.0. The van der Waals surface area contributed by atoms with Gasteiger partial charge in [0.1, 0.15) is 6.61 Å². The molecule has 3 N–H and O–H groups in total. The summed E-state index contributed by atoms with van der Waals surface area (Å²) in [5.74, 6) is -0.863. The first-order valence-corrected chi connectivity index (χ1v) is 26.3. The molecule has 0 heterocycles. The number of nitrogens with two attached hydrogens (primary N) is 1. The highest BCUT2D eigenvalue weighted by atomic mass is 31.2. The maximum atomic E-state index is 12.6. The molecule has 0 saturated heterocycles. The molecule has 0 rings (SSSR count). The molecule has 0 radical (unpaired) electrons. The van der Waals surface area contributed by atoms with Gasteiger partial charge in [0, 0.05) is 19.4 Å². The summed E-state index contributed by atoms with van der Waals surface area (Å²) in [6.07, 6.45) is 56.8. The van der Waals surface area contributed by atoms with Crippen molar-refractivity contribution in [3.8, 4) is 0 Å². The van der Waals surface area contributed by atoms with E-state index in [9.17, 15) is 19.0 Å². The largest absolute Gasteiger partial charge is 0.472 e. The number of phosphoric acid groups is 1. The Morgan fingerprint density at radius 1 is 0.492 bits per heavy atom. The van der Waals surface area contributed by atoms with Gasteiger partial charge in [-0.3, -0.25) is 18.6 Å². The third-order valence-corrected chi connectivity index (χ3v) is 11.4. The lowest BCUT2D eigenvalue weighted by Crippen LogP contribution is -2.29. The highest BCUT2D eigenvalue weighted by Gasteiger charge is 2.26. The van der Waals surface area contributed by atoms with E-state index in [0.29, 0.717) is 6.42 Å². The average Bonchev–Trinajstić information content (AvgIpc) is 3.25. The van der Waals surface area contributed by atoms with Crippen LogP contribution in [0.4, 0.5) is 0 Å². The van der Waals surface area contributed by atoms with E-state index in [1.807, 2.05) is 0 Å². The summed E-state index contributed by atoms with van der Waals surface area (Å²) in [6.45, 7) is 3.68. The van der Waals surface area contributed by atoms with E-state index in [2.05, 4.69) is 74.6 Å². The van der Waals surface area contributed by atoms with Crippen LogP contribution in [0.3, 0.4) is 0 Å². The van der Waals surface area contributed by atoms with Gasteiger partial charge in [-0.15, -0.1) is 0 Å². The molecule has 0 bridgehead atoms. The van der Waals surface area contributed by atoms with Crippen LogP contribution in [0, 0.1) is 0 Å². The summed E-state index contributed by atoms with van der Waals surface area (Å²) >= 11 is 0. The first-order chi connectivity index (χ1) is 29.8. The second-order valence-corrected chi connectivity index (χ2v) is 17.8. The molecule has 0 aromatic heterocycles. The SMILES string of the molecule is CCCCCC=CCC=CCC=CCC=CCCCCCC(=O)OC(COC(=O)CCCCCCCCCCCCCC=CCCCCCCCC)COP(=O)(O)OCCN. The Labute approximate surface area is 374 Å². The number of ether oxygens (including phenoxy) is 2. The van der Waals surface area contributed by atoms with E-state index in [0.717, 1.165) is 57.8 Å². The molecule has 0 aliphatic heterocycles. The molecule has 0 aromatic carbocycles. The normalized spacial score (nSPS) is 13.7. The maximum Gasteiger partial charge on any atom is 0.472 e. The zero-order valence-corrected chi connectivity index (χ0v) is 40.0. The molecule has 2 atom stereocenters. The van der Waals surface area contributed by atoms with Gasteiger partial charge in [-0.25, -0.2) is 4.57 Å². The van der Waals surface area contributed by atoms with Gasteiger partial charge in [0.15, 0.2) is 6.10 Å². The molecular formula is C51H92NO8P. The Balaban J connectivity index is 4.13. The summed E-state index contributed by atoms with van der Waals surface area (Å²) in [6, 6.07) is 0. The molecule has 0 fully saturated rings. The molecule has 354 valence electrons. The number of rotatable bonds is 46. The van der Waals surface area contributed by atoms with Crippen LogP contribution in [0.5, 0.6) is 0 Å². The standard InChI is InChI=1S/C51H92NO8P/c1-3-5-7-9-11-13-15-17-19-21-23-24-26-27-29-31-33-35-37-39-41-43-50(53)57-47-49(48-59-61(55,56)58-46-45-52)60-51(54)44-42-40-38-36-34-32-30-28-25-22-20-18-16-14-12-10-8-6-4-2/h12,14,17-20,25,28,32,34,49H,3-11,13,15-16,21-24,26-27,29-31,33,35-48,52H2,1-2H3,(H,55,56). The number of hydrogen-bond donors (Lipinski definition) is 2. The van der Waals surface area contributed by atoms with E-state index >= 15 is 0 Å². The number of unbranched alkanes of at least 4 members (excludes halogenated alkanes) is 23. The minimum absolute atomic E-state index is 0.0458. The molecule has 0 spiro atoms. The lowest BCUT2D eigenvalue weighted by molar-refractivity contribution is -0.161. The monoisotopic (exact) mass is 878 g/mol. The van der Waals surface area contributed by atoms with Crippen molar-refractivity contribution in [1.82, 2.24) is 0 Å². The summed E-state index contributed by atoms with van der Waals surface area (Å²) in [4.78, 5) is 35.0. The Bertz CT molecular complexity index is 1180. The van der Waals surface area contributed by atoms with Crippen molar-refractivity contribution in [1.29, 1.82) is 0 Å². The Morgan fingerprint density at radius 2 is 0.852 bits per heavy atom. The summed E-state index contributed by atoms with van der Waals surface area (Å²) in [5.41, 5.74) is 5.36. The third kappa shape index (κ3) is 47.0. The summed E-state index contributed by atoms with van der Waals surface area (Å²) < 4.78 is 32.9. The van der Waals surface area contributed by atoms with Crippen molar-refractivity contribution in [3.63, 3.8) is 0 Å². The Hall–Kier alpha value is -2.29. The number of phosphoric ester groups is 1. The minimum atomic E-state index is -4.39. The Kier molecular flexibility index (Phi) is 45.4. The van der Waals surface area contributed by atoms with Gasteiger partial charge in [-0.05, 0) is 83.5 Å². The second-order valence-electron chi connectivity index (χ2n) is 16.3. The van der Waals surface area contributed by atoms with E-state index in [1.54, 1.807) is 0 Å². The van der Waals surface area contributed by atoms with Crippen molar-refractivity contribution in [2.24, 2.45) is 5.73 Å². The number of carbonyl (C=O) groups is 2. The highest BCUT2D eigenvalue weighted by Crippen LogP contribution is 2.43. The summed E-state index contributed by atoms with van der Waals surface area (Å²) in [7, 11) is -4.39. The lowest BCUT2D eigenvalue weighted by Gasteiger charge is -2.19. The molecule has 0 aliphatic carbocycles. The molecule has 10 heteroatoms. The Morgan fingerprint density at radius 3 is 1.33 bits per heavy atom. The molecule has 0 amide bonds. The van der Waals surface area contributed by atoms with Crippen LogP contribution < -0.4 is 5.73 Å². The molecule has 0 saturated carbocycles. The molecule has 9 nitrogen and oxygen atoms in total. The van der Waals surface area contributed by atoms with Gasteiger partial charge in [-0.1, -0.05) is 184 Å². The van der Waals surface area contributed by atoms with Crippen LogP contribution in [0.1, 0.15) is 219 Å². The number of esters is 2. The van der Waals surface area contributed by atoms with E-state index < -0.39 is 32.5 Å². The maximum absolute atomic E-state index is 12.6. The van der Waals surface area contributed by atoms with Gasteiger partial charge in [0.05, 0.1) is 13.2 Å². The zero-order chi connectivity index (χ0) is 44.6. The van der Waals surface area contributed by atoms with Crippen LogP contribution in [-0.4, -0.2) is 49.3 Å². The predicted octanol–water partition coefficient (Wildman–Crippen LogP) is 14.8. The third-order valence-electron chi connectivity index (χ3n) is 10.4. The first-order valence-electron chi connectivity index (χ1n) is 24.8. The quantitative estimate of drug-likeness (QED) is 0.0265. The summed E-state index contributed by atoms with van der Waals surface area (Å²) in [5, 5.41) is 0. The highest BCUT2D eigenvalue weighted by molar-refractivity contribution is 7.47. The molecule has 0 aromatic rings. The van der Waals surface area contributed by atoms with Gasteiger partial charge >= 0.3 is 19.8 Å². The van der Waals surface area contributed by atoms with Gasteiger partial charge in [0.25, 0.3) is 0 Å².